The van der Waals surface area contributed by atoms with Gasteiger partial charge in [0.1, 0.15) is 0 Å². The molecule has 3 nitrogen and oxygen atoms in total. The van der Waals surface area contributed by atoms with E-state index >= 15 is 0 Å². The van der Waals surface area contributed by atoms with Gasteiger partial charge < -0.3 is 9.80 Å². The van der Waals surface area contributed by atoms with Crippen molar-refractivity contribution in [2.24, 2.45) is 0 Å². The Morgan fingerprint density at radius 2 is 0.798 bits per heavy atom. The molecule has 0 radical (unpaired) electrons. The zero-order chi connectivity index (χ0) is 55.9. The zero-order valence-corrected chi connectivity index (χ0v) is 46.9. The summed E-state index contributed by atoms with van der Waals surface area (Å²) in [6.45, 7) is 14.8. The average molecular weight is 1070 g/mol. The molecule has 14 aromatic carbocycles. The molecule has 0 fully saturated rings. The summed E-state index contributed by atoms with van der Waals surface area (Å²) in [6, 6.07) is 98.5. The Kier molecular flexibility index (Phi) is 10.5. The molecule has 0 unspecified atom stereocenters. The maximum absolute atomic E-state index is 7.74. The molecule has 14 aromatic rings. The van der Waals surface area contributed by atoms with Gasteiger partial charge in [-0.2, -0.15) is 0 Å². The molecule has 4 heterocycles. The molecular formula is C79H53B2N3. The summed E-state index contributed by atoms with van der Waals surface area (Å²) < 4.78 is 0. The van der Waals surface area contributed by atoms with Gasteiger partial charge in [-0.1, -0.05) is 250 Å². The first-order valence-electron chi connectivity index (χ1n) is 29.3. The van der Waals surface area contributed by atoms with Crippen LogP contribution in [0.1, 0.15) is 26.3 Å². The number of nitrogens with zero attached hydrogens (tertiary/aromatic N) is 3. The summed E-state index contributed by atoms with van der Waals surface area (Å²) in [5.41, 5.74) is 25.3. The third-order valence-corrected chi connectivity index (χ3v) is 18.7. The predicted octanol–water partition coefficient (Wildman–Crippen LogP) is 17.2. The lowest BCUT2D eigenvalue weighted by molar-refractivity contribution is 0.590. The summed E-state index contributed by atoms with van der Waals surface area (Å²) in [4.78, 5) is 8.78. The van der Waals surface area contributed by atoms with E-state index in [2.05, 4.69) is 296 Å². The number of fused-ring (bicyclic) bond motifs is 11. The first-order chi connectivity index (χ1) is 41.3. The molecular weight excluding hydrogens is 1010 g/mol. The lowest BCUT2D eigenvalue weighted by Crippen LogP contribution is -2.59. The Hall–Kier alpha value is -10.4. The second-order valence-electron chi connectivity index (χ2n) is 24.2. The molecule has 0 saturated heterocycles. The Labute approximate surface area is 490 Å². The van der Waals surface area contributed by atoms with Crippen LogP contribution in [-0.4, -0.2) is 13.4 Å². The molecule has 0 amide bonds. The minimum atomic E-state index is 0.124. The van der Waals surface area contributed by atoms with Crippen LogP contribution in [0.3, 0.4) is 0 Å². The number of anilines is 6. The number of rotatable bonds is 3. The second kappa shape index (κ2) is 18.3. The molecule has 18 rings (SSSR count). The maximum atomic E-state index is 7.74. The van der Waals surface area contributed by atoms with Crippen LogP contribution in [0.5, 0.6) is 0 Å². The highest BCUT2D eigenvalue weighted by molar-refractivity contribution is 7.01. The normalized spacial score (nSPS) is 13.1. The van der Waals surface area contributed by atoms with Gasteiger partial charge in [0.15, 0.2) is 5.69 Å². The van der Waals surface area contributed by atoms with Gasteiger partial charge in [-0.05, 0) is 169 Å². The quantitative estimate of drug-likeness (QED) is 0.129. The molecule has 0 spiro atoms. The van der Waals surface area contributed by atoms with Gasteiger partial charge in [0, 0.05) is 34.1 Å². The van der Waals surface area contributed by atoms with Crippen molar-refractivity contribution < 1.29 is 0 Å². The molecule has 4 aliphatic rings. The molecule has 0 saturated carbocycles. The minimum absolute atomic E-state index is 0.124. The number of hydrogen-bond acceptors (Lipinski definition) is 2. The van der Waals surface area contributed by atoms with Crippen molar-refractivity contribution in [1.29, 1.82) is 0 Å². The smallest absolute Gasteiger partial charge is 0.248 e. The summed E-state index contributed by atoms with van der Waals surface area (Å²) in [6.07, 6.45) is 0. The molecule has 0 aromatic heterocycles. The van der Waals surface area contributed by atoms with Crippen LogP contribution >= 0.6 is 0 Å². The van der Waals surface area contributed by atoms with Gasteiger partial charge in [-0.25, -0.2) is 4.85 Å². The molecule has 5 heteroatoms. The van der Waals surface area contributed by atoms with Crippen molar-refractivity contribution in [3.63, 3.8) is 0 Å². The van der Waals surface area contributed by atoms with Crippen molar-refractivity contribution in [3.8, 4) is 33.4 Å². The van der Waals surface area contributed by atoms with E-state index < -0.39 is 0 Å². The van der Waals surface area contributed by atoms with Crippen LogP contribution in [0, 0.1) is 6.57 Å². The molecule has 84 heavy (non-hydrogen) atoms. The van der Waals surface area contributed by atoms with Crippen LogP contribution in [-0.2, 0) is 5.41 Å². The van der Waals surface area contributed by atoms with E-state index in [9.17, 15) is 0 Å². The summed E-state index contributed by atoms with van der Waals surface area (Å²) in [7, 11) is 0. The van der Waals surface area contributed by atoms with Crippen molar-refractivity contribution in [2.75, 3.05) is 9.80 Å². The topological polar surface area (TPSA) is 10.8 Å². The van der Waals surface area contributed by atoms with E-state index in [1.165, 1.54) is 154 Å². The molecule has 390 valence electrons. The molecule has 0 N–H and O–H groups in total. The Morgan fingerprint density at radius 3 is 1.40 bits per heavy atom. The number of para-hydroxylation sites is 1. The van der Waals surface area contributed by atoms with Gasteiger partial charge in [0.25, 0.3) is 0 Å². The van der Waals surface area contributed by atoms with E-state index in [0.29, 0.717) is 0 Å². The van der Waals surface area contributed by atoms with Gasteiger partial charge in [0.05, 0.1) is 6.57 Å². The van der Waals surface area contributed by atoms with Crippen molar-refractivity contribution >= 4 is 140 Å². The number of benzene rings is 14. The van der Waals surface area contributed by atoms with E-state index in [4.69, 9.17) is 6.57 Å². The monoisotopic (exact) mass is 1070 g/mol. The van der Waals surface area contributed by atoms with Gasteiger partial charge in [-0.15, -0.1) is 0 Å². The lowest BCUT2D eigenvalue weighted by Gasteiger charge is -2.40. The summed E-state index contributed by atoms with van der Waals surface area (Å²) in [5.74, 6) is 0. The fraction of sp³-hybridized carbons (Fsp3) is 0.0506. The Morgan fingerprint density at radius 1 is 0.333 bits per heavy atom. The molecule has 4 aliphatic heterocycles. The first-order valence-corrected chi connectivity index (χ1v) is 29.3. The van der Waals surface area contributed by atoms with Gasteiger partial charge in [-0.3, -0.25) is 0 Å². The average Bonchev–Trinajstić information content (AvgIpc) is 0.983. The zero-order valence-electron chi connectivity index (χ0n) is 46.9. The largest absolute Gasteiger partial charge is 0.311 e. The third kappa shape index (κ3) is 7.14. The van der Waals surface area contributed by atoms with Crippen LogP contribution in [0.25, 0.3) is 92.1 Å². The van der Waals surface area contributed by atoms with E-state index in [1.54, 1.807) is 0 Å². The Bertz CT molecular complexity index is 5180. The van der Waals surface area contributed by atoms with Crippen molar-refractivity contribution in [2.45, 2.75) is 26.2 Å². The van der Waals surface area contributed by atoms with Crippen LogP contribution in [0.2, 0.25) is 0 Å². The van der Waals surface area contributed by atoms with Gasteiger partial charge >= 0.3 is 0 Å². The van der Waals surface area contributed by atoms with Crippen LogP contribution < -0.4 is 42.6 Å². The lowest BCUT2D eigenvalue weighted by atomic mass is 9.32. The standard InChI is InChI=1S/C46H34BN.C33H19BN2/c1-46(2,3)34-21-18-30(19-22-34)36-24-25-38-39-15-9-17-42-45(39)47(40-16-8-14-37(36)44(38)40)41-27-32-12-6-7-13-33(32)28-43(41)48(42)35-23-20-29-10-4-5-11-31(29)26-35;1-35-29-19-18-24-25-10-7-15-31-33(25)34(28-13-6-11-26(29)32(24)28)27-12-4-5-14-30(27)36(31)23-17-16-21-8-2-3-9-22(21)20-23/h4-28H,1-3H3;2-20H. The summed E-state index contributed by atoms with van der Waals surface area (Å²) >= 11 is 0. The predicted molar refractivity (Wildman–Crippen MR) is 360 cm³/mol. The fourth-order valence-corrected chi connectivity index (χ4v) is 14.9. The van der Waals surface area contributed by atoms with E-state index in [0.717, 1.165) is 11.1 Å². The SMILES string of the molecule is CC(C)(C)c1ccc(-c2ccc3c4c(cccc24)B2c4cc5ccccc5cc4N(c4ccc5ccccc5c4)c4cccc-3c42)cc1.[C-]#[N+]c1ccc2c3c(cccc13)B1c3ccccc3N(c3ccc4ccccc4c3)c3cccc-2c31. The molecule has 0 aliphatic carbocycles. The summed E-state index contributed by atoms with van der Waals surface area (Å²) in [5, 5.41) is 12.5. The fourth-order valence-electron chi connectivity index (χ4n) is 14.9. The maximum Gasteiger partial charge on any atom is 0.248 e. The molecule has 0 atom stereocenters. The number of hydrogen-bond donors (Lipinski definition) is 0. The third-order valence-electron chi connectivity index (χ3n) is 18.7. The van der Waals surface area contributed by atoms with Crippen molar-refractivity contribution in [3.05, 3.63) is 284 Å². The van der Waals surface area contributed by atoms with Crippen LogP contribution in [0.15, 0.2) is 267 Å². The minimum Gasteiger partial charge on any atom is -0.311 e. The highest BCUT2D eigenvalue weighted by Gasteiger charge is 2.43. The Balaban J connectivity index is 0.000000138. The van der Waals surface area contributed by atoms with E-state index in [1.807, 2.05) is 6.07 Å². The molecule has 0 bridgehead atoms. The first kappa shape index (κ1) is 48.3. The second-order valence-corrected chi connectivity index (χ2v) is 24.2. The van der Waals surface area contributed by atoms with Crippen LogP contribution in [0.4, 0.5) is 39.8 Å². The van der Waals surface area contributed by atoms with Crippen molar-refractivity contribution in [1.82, 2.24) is 0 Å². The highest BCUT2D eigenvalue weighted by atomic mass is 15.2. The van der Waals surface area contributed by atoms with E-state index in [-0.39, 0.29) is 18.8 Å². The van der Waals surface area contributed by atoms with Gasteiger partial charge in [0.2, 0.25) is 13.4 Å². The highest BCUT2D eigenvalue weighted by Crippen LogP contribution is 2.47.